The maximum absolute atomic E-state index is 12.3. The lowest BCUT2D eigenvalue weighted by Crippen LogP contribution is -2.26. The lowest BCUT2D eigenvalue weighted by molar-refractivity contribution is 0.0940. The predicted molar refractivity (Wildman–Crippen MR) is 93.7 cm³/mol. The van der Waals surface area contributed by atoms with Gasteiger partial charge in [-0.1, -0.05) is 44.2 Å². The first kappa shape index (κ1) is 17.1. The molecule has 1 unspecified atom stereocenters. The van der Waals surface area contributed by atoms with Crippen molar-refractivity contribution < 1.29 is 9.53 Å². The van der Waals surface area contributed by atoms with Gasteiger partial charge in [0.2, 0.25) is 0 Å². The van der Waals surface area contributed by atoms with E-state index in [9.17, 15) is 4.79 Å². The van der Waals surface area contributed by atoms with Crippen LogP contribution in [0.15, 0.2) is 54.6 Å². The number of nitrogens with one attached hydrogen (secondary N) is 1. The van der Waals surface area contributed by atoms with E-state index in [1.165, 1.54) is 0 Å². The van der Waals surface area contributed by atoms with Crippen LogP contribution in [-0.4, -0.2) is 12.5 Å². The van der Waals surface area contributed by atoms with Crippen molar-refractivity contribution in [3.8, 4) is 5.75 Å². The molecule has 2 rings (SSSR count). The maximum Gasteiger partial charge on any atom is 0.251 e. The lowest BCUT2D eigenvalue weighted by atomic mass is 10.1. The molecule has 122 valence electrons. The topological polar surface area (TPSA) is 38.3 Å². The lowest BCUT2D eigenvalue weighted by Gasteiger charge is -2.14. The smallest absolute Gasteiger partial charge is 0.251 e. The molecule has 1 atom stereocenters. The molecule has 0 heterocycles. The summed E-state index contributed by atoms with van der Waals surface area (Å²) in [6, 6.07) is 17.2. The van der Waals surface area contributed by atoms with Crippen LogP contribution >= 0.6 is 0 Å². The Morgan fingerprint density at radius 1 is 1.00 bits per heavy atom. The van der Waals surface area contributed by atoms with Crippen LogP contribution in [0.25, 0.3) is 0 Å². The van der Waals surface area contributed by atoms with Gasteiger partial charge >= 0.3 is 0 Å². The van der Waals surface area contributed by atoms with Crippen molar-refractivity contribution in [2.45, 2.75) is 33.2 Å². The molecule has 0 spiro atoms. The van der Waals surface area contributed by atoms with Gasteiger partial charge in [0.05, 0.1) is 12.6 Å². The predicted octanol–water partition coefficient (Wildman–Crippen LogP) is 4.60. The molecule has 0 aliphatic rings. The average molecular weight is 311 g/mol. The molecule has 3 nitrogen and oxygen atoms in total. The summed E-state index contributed by atoms with van der Waals surface area (Å²) in [5, 5.41) is 3.01. The second kappa shape index (κ2) is 8.37. The van der Waals surface area contributed by atoms with Crippen LogP contribution in [0.1, 0.15) is 49.2 Å². The molecular formula is C20H25NO2. The monoisotopic (exact) mass is 311 g/mol. The highest BCUT2D eigenvalue weighted by Crippen LogP contribution is 2.15. The Balaban J connectivity index is 1.90. The Morgan fingerprint density at radius 3 is 2.26 bits per heavy atom. The van der Waals surface area contributed by atoms with Crippen LogP contribution in [-0.2, 0) is 0 Å². The van der Waals surface area contributed by atoms with Gasteiger partial charge in [0, 0.05) is 5.56 Å². The van der Waals surface area contributed by atoms with Gasteiger partial charge in [0.1, 0.15) is 5.75 Å². The molecule has 0 radical (unpaired) electrons. The Kier molecular flexibility index (Phi) is 6.21. The van der Waals surface area contributed by atoms with Crippen molar-refractivity contribution >= 4 is 5.91 Å². The van der Waals surface area contributed by atoms with E-state index in [-0.39, 0.29) is 11.9 Å². The second-order valence-electron chi connectivity index (χ2n) is 6.16. The van der Waals surface area contributed by atoms with Gasteiger partial charge in [0.15, 0.2) is 0 Å². The van der Waals surface area contributed by atoms with Gasteiger partial charge in [-0.05, 0) is 49.1 Å². The van der Waals surface area contributed by atoms with Crippen LogP contribution in [0.5, 0.6) is 5.75 Å². The molecule has 0 bridgehead atoms. The standard InChI is InChI=1S/C20H25NO2/c1-15(2)13-14-23-19-11-9-18(10-12-19)20(22)21-16(3)17-7-5-4-6-8-17/h4-12,15-16H,13-14H2,1-3H3,(H,21,22). The van der Waals surface area contributed by atoms with E-state index in [4.69, 9.17) is 4.74 Å². The second-order valence-corrected chi connectivity index (χ2v) is 6.16. The summed E-state index contributed by atoms with van der Waals surface area (Å²) in [5.41, 5.74) is 1.73. The first-order valence-electron chi connectivity index (χ1n) is 8.15. The minimum atomic E-state index is -0.0740. The van der Waals surface area contributed by atoms with Crippen LogP contribution < -0.4 is 10.1 Å². The van der Waals surface area contributed by atoms with Crippen LogP contribution in [0.3, 0.4) is 0 Å². The first-order valence-corrected chi connectivity index (χ1v) is 8.15. The van der Waals surface area contributed by atoms with Crippen molar-refractivity contribution in [3.05, 3.63) is 65.7 Å². The van der Waals surface area contributed by atoms with Crippen molar-refractivity contribution in [3.63, 3.8) is 0 Å². The number of rotatable bonds is 7. The zero-order chi connectivity index (χ0) is 16.7. The van der Waals surface area contributed by atoms with E-state index < -0.39 is 0 Å². The zero-order valence-corrected chi connectivity index (χ0v) is 14.1. The Hall–Kier alpha value is -2.29. The van der Waals surface area contributed by atoms with Gasteiger partial charge in [-0.15, -0.1) is 0 Å². The molecule has 23 heavy (non-hydrogen) atoms. The largest absolute Gasteiger partial charge is 0.494 e. The highest BCUT2D eigenvalue weighted by molar-refractivity contribution is 5.94. The summed E-state index contributed by atoms with van der Waals surface area (Å²) in [6.45, 7) is 7.03. The van der Waals surface area contributed by atoms with E-state index in [2.05, 4.69) is 19.2 Å². The van der Waals surface area contributed by atoms with Gasteiger partial charge in [0.25, 0.3) is 5.91 Å². The van der Waals surface area contributed by atoms with Gasteiger partial charge < -0.3 is 10.1 Å². The molecule has 3 heteroatoms. The van der Waals surface area contributed by atoms with Gasteiger partial charge in [-0.3, -0.25) is 4.79 Å². The molecule has 0 fully saturated rings. The first-order chi connectivity index (χ1) is 11.1. The number of benzene rings is 2. The van der Waals surface area contributed by atoms with Gasteiger partial charge in [-0.25, -0.2) is 0 Å². The fraction of sp³-hybridized carbons (Fsp3) is 0.350. The van der Waals surface area contributed by atoms with Crippen LogP contribution in [0, 0.1) is 5.92 Å². The molecule has 0 aliphatic heterocycles. The van der Waals surface area contributed by atoms with Gasteiger partial charge in [-0.2, -0.15) is 0 Å². The zero-order valence-electron chi connectivity index (χ0n) is 14.1. The summed E-state index contributed by atoms with van der Waals surface area (Å²) < 4.78 is 5.67. The summed E-state index contributed by atoms with van der Waals surface area (Å²) >= 11 is 0. The molecule has 0 aromatic heterocycles. The van der Waals surface area contributed by atoms with Crippen LogP contribution in [0.2, 0.25) is 0 Å². The number of amides is 1. The number of carbonyl (C=O) groups excluding carboxylic acids is 1. The highest BCUT2D eigenvalue weighted by atomic mass is 16.5. The SMILES string of the molecule is CC(C)CCOc1ccc(C(=O)NC(C)c2ccccc2)cc1. The van der Waals surface area contributed by atoms with Crippen molar-refractivity contribution in [1.82, 2.24) is 5.32 Å². The van der Waals surface area contributed by atoms with Crippen molar-refractivity contribution in [1.29, 1.82) is 0 Å². The number of hydrogen-bond donors (Lipinski definition) is 1. The third-order valence-electron chi connectivity index (χ3n) is 3.73. The third-order valence-corrected chi connectivity index (χ3v) is 3.73. The number of hydrogen-bond acceptors (Lipinski definition) is 2. The Bertz CT molecular complexity index is 605. The van der Waals surface area contributed by atoms with Crippen LogP contribution in [0.4, 0.5) is 0 Å². The van der Waals surface area contributed by atoms with E-state index in [1.807, 2.05) is 49.4 Å². The highest BCUT2D eigenvalue weighted by Gasteiger charge is 2.11. The molecule has 0 saturated heterocycles. The van der Waals surface area contributed by atoms with Crippen molar-refractivity contribution in [2.24, 2.45) is 5.92 Å². The van der Waals surface area contributed by atoms with E-state index >= 15 is 0 Å². The molecule has 0 saturated carbocycles. The van der Waals surface area contributed by atoms with E-state index in [1.54, 1.807) is 12.1 Å². The maximum atomic E-state index is 12.3. The molecule has 1 amide bonds. The Morgan fingerprint density at radius 2 is 1.65 bits per heavy atom. The quantitative estimate of drug-likeness (QED) is 0.811. The summed E-state index contributed by atoms with van der Waals surface area (Å²) in [7, 11) is 0. The molecule has 2 aromatic carbocycles. The van der Waals surface area contributed by atoms with Crippen molar-refractivity contribution in [2.75, 3.05) is 6.61 Å². The average Bonchev–Trinajstić information content (AvgIpc) is 2.56. The molecule has 1 N–H and O–H groups in total. The fourth-order valence-corrected chi connectivity index (χ4v) is 2.22. The molecular weight excluding hydrogens is 286 g/mol. The Labute approximate surface area is 138 Å². The summed E-state index contributed by atoms with van der Waals surface area (Å²) in [5.74, 6) is 1.35. The number of ether oxygens (including phenoxy) is 1. The van der Waals surface area contributed by atoms with E-state index in [0.717, 1.165) is 17.7 Å². The molecule has 2 aromatic rings. The normalized spacial score (nSPS) is 12.0. The fourth-order valence-electron chi connectivity index (χ4n) is 2.22. The van der Waals surface area contributed by atoms with E-state index in [0.29, 0.717) is 18.1 Å². The minimum Gasteiger partial charge on any atom is -0.494 e. The molecule has 0 aliphatic carbocycles. The third kappa shape index (κ3) is 5.44. The summed E-state index contributed by atoms with van der Waals surface area (Å²) in [4.78, 5) is 12.3. The number of carbonyl (C=O) groups is 1. The summed E-state index contributed by atoms with van der Waals surface area (Å²) in [6.07, 6.45) is 1.02. The minimum absolute atomic E-state index is 0.0225.